The second-order valence-corrected chi connectivity index (χ2v) is 7.89. The number of oxazole rings is 1. The number of sulfonamides is 1. The second kappa shape index (κ2) is 6.75. The van der Waals surface area contributed by atoms with Gasteiger partial charge in [-0.15, -0.1) is 0 Å². The van der Waals surface area contributed by atoms with Gasteiger partial charge in [-0.1, -0.05) is 0 Å². The standard InChI is InChI=1S/C17H20N2O6S/c1-10-8-13(11(2)24-10)15(20)6-7-18-26(22,23)12-4-5-16-14(9-12)19(3)17(21)25-16/h4-5,8-9,15,18,20H,6-7H2,1-3H3. The van der Waals surface area contributed by atoms with E-state index < -0.39 is 21.9 Å². The SMILES string of the molecule is Cc1cc(C(O)CCNS(=O)(=O)c2ccc3oc(=O)n(C)c3c2)c(C)o1. The molecule has 0 spiro atoms. The summed E-state index contributed by atoms with van der Waals surface area (Å²) >= 11 is 0. The molecule has 1 unspecified atom stereocenters. The number of aryl methyl sites for hydroxylation is 3. The van der Waals surface area contributed by atoms with Crippen LogP contribution in [0.15, 0.2) is 42.8 Å². The van der Waals surface area contributed by atoms with Crippen molar-refractivity contribution in [1.29, 1.82) is 0 Å². The van der Waals surface area contributed by atoms with Gasteiger partial charge < -0.3 is 13.9 Å². The highest BCUT2D eigenvalue weighted by Crippen LogP contribution is 2.24. The third-order valence-electron chi connectivity index (χ3n) is 4.22. The van der Waals surface area contributed by atoms with E-state index in [0.29, 0.717) is 28.2 Å². The van der Waals surface area contributed by atoms with Crippen molar-refractivity contribution in [2.24, 2.45) is 7.05 Å². The van der Waals surface area contributed by atoms with Crippen molar-refractivity contribution in [3.05, 3.63) is 51.9 Å². The monoisotopic (exact) mass is 380 g/mol. The highest BCUT2D eigenvalue weighted by Gasteiger charge is 2.19. The largest absolute Gasteiger partial charge is 0.466 e. The summed E-state index contributed by atoms with van der Waals surface area (Å²) in [6, 6.07) is 5.93. The molecule has 0 fully saturated rings. The molecule has 140 valence electrons. The van der Waals surface area contributed by atoms with Gasteiger partial charge in [0, 0.05) is 19.2 Å². The molecular formula is C17H20N2O6S. The summed E-state index contributed by atoms with van der Waals surface area (Å²) in [7, 11) is -2.28. The van der Waals surface area contributed by atoms with E-state index in [1.807, 2.05) is 0 Å². The number of benzene rings is 1. The molecule has 0 aliphatic heterocycles. The first-order valence-electron chi connectivity index (χ1n) is 8.03. The number of fused-ring (bicyclic) bond motifs is 1. The van der Waals surface area contributed by atoms with E-state index in [1.54, 1.807) is 19.9 Å². The number of aromatic nitrogens is 1. The fourth-order valence-corrected chi connectivity index (χ4v) is 3.89. The van der Waals surface area contributed by atoms with E-state index in [-0.39, 0.29) is 17.9 Å². The average Bonchev–Trinajstić information content (AvgIpc) is 3.06. The lowest BCUT2D eigenvalue weighted by Crippen LogP contribution is -2.26. The number of aliphatic hydroxyl groups excluding tert-OH is 1. The molecule has 0 saturated carbocycles. The van der Waals surface area contributed by atoms with Gasteiger partial charge in [0.25, 0.3) is 0 Å². The Labute approximate surface area is 150 Å². The third kappa shape index (κ3) is 3.46. The molecule has 0 saturated heterocycles. The summed E-state index contributed by atoms with van der Waals surface area (Å²) in [5.74, 6) is 0.747. The lowest BCUT2D eigenvalue weighted by atomic mass is 10.1. The molecule has 2 N–H and O–H groups in total. The molecule has 0 radical (unpaired) electrons. The van der Waals surface area contributed by atoms with E-state index >= 15 is 0 Å². The van der Waals surface area contributed by atoms with Gasteiger partial charge in [-0.05, 0) is 44.5 Å². The number of furan rings is 1. The van der Waals surface area contributed by atoms with E-state index in [9.17, 15) is 18.3 Å². The van der Waals surface area contributed by atoms with Crippen LogP contribution in [0.1, 0.15) is 29.6 Å². The number of hydrogen-bond donors (Lipinski definition) is 2. The fraction of sp³-hybridized carbons (Fsp3) is 0.353. The predicted octanol–water partition coefficient (Wildman–Crippen LogP) is 1.74. The zero-order valence-electron chi connectivity index (χ0n) is 14.6. The highest BCUT2D eigenvalue weighted by atomic mass is 32.2. The molecule has 2 aromatic heterocycles. The van der Waals surface area contributed by atoms with Crippen molar-refractivity contribution in [2.45, 2.75) is 31.3 Å². The van der Waals surface area contributed by atoms with E-state index in [4.69, 9.17) is 8.83 Å². The molecule has 0 aliphatic rings. The summed E-state index contributed by atoms with van der Waals surface area (Å²) < 4.78 is 39.0. The van der Waals surface area contributed by atoms with Gasteiger partial charge in [0.2, 0.25) is 10.0 Å². The van der Waals surface area contributed by atoms with Crippen LogP contribution < -0.4 is 10.5 Å². The van der Waals surface area contributed by atoms with Gasteiger partial charge in [0.15, 0.2) is 5.58 Å². The van der Waals surface area contributed by atoms with Crippen molar-refractivity contribution in [2.75, 3.05) is 6.54 Å². The summed E-state index contributed by atoms with van der Waals surface area (Å²) in [5.41, 5.74) is 1.36. The Bertz CT molecular complexity index is 1110. The van der Waals surface area contributed by atoms with Gasteiger partial charge >= 0.3 is 5.76 Å². The number of nitrogens with zero attached hydrogens (tertiary/aromatic N) is 1. The Kier molecular flexibility index (Phi) is 4.78. The Morgan fingerprint density at radius 1 is 1.23 bits per heavy atom. The van der Waals surface area contributed by atoms with Crippen molar-refractivity contribution >= 4 is 21.1 Å². The minimum Gasteiger partial charge on any atom is -0.466 e. The highest BCUT2D eigenvalue weighted by molar-refractivity contribution is 7.89. The average molecular weight is 380 g/mol. The molecule has 0 amide bonds. The normalized spacial score (nSPS) is 13.4. The van der Waals surface area contributed by atoms with Crippen LogP contribution in [-0.2, 0) is 17.1 Å². The summed E-state index contributed by atoms with van der Waals surface area (Å²) in [4.78, 5) is 11.5. The Morgan fingerprint density at radius 2 is 1.96 bits per heavy atom. The van der Waals surface area contributed by atoms with Crippen LogP contribution in [0.25, 0.3) is 11.1 Å². The molecule has 0 bridgehead atoms. The van der Waals surface area contributed by atoms with Crippen molar-refractivity contribution in [1.82, 2.24) is 9.29 Å². The molecular weight excluding hydrogens is 360 g/mol. The molecule has 26 heavy (non-hydrogen) atoms. The quantitative estimate of drug-likeness (QED) is 0.673. The fourth-order valence-electron chi connectivity index (χ4n) is 2.82. The van der Waals surface area contributed by atoms with E-state index in [2.05, 4.69) is 4.72 Å². The molecule has 2 heterocycles. The van der Waals surface area contributed by atoms with Crippen LogP contribution in [-0.4, -0.2) is 24.6 Å². The first-order valence-corrected chi connectivity index (χ1v) is 9.51. The molecule has 1 aromatic carbocycles. The van der Waals surface area contributed by atoms with Gasteiger partial charge in [-0.3, -0.25) is 4.57 Å². The Balaban J connectivity index is 1.72. The van der Waals surface area contributed by atoms with Crippen LogP contribution in [0.5, 0.6) is 0 Å². The maximum Gasteiger partial charge on any atom is 0.419 e. The van der Waals surface area contributed by atoms with Crippen molar-refractivity contribution in [3.8, 4) is 0 Å². The van der Waals surface area contributed by atoms with Gasteiger partial charge in [0.05, 0.1) is 16.5 Å². The maximum absolute atomic E-state index is 12.5. The Hall–Kier alpha value is -2.36. The molecule has 0 aliphatic carbocycles. The van der Waals surface area contributed by atoms with Crippen LogP contribution in [0.4, 0.5) is 0 Å². The van der Waals surface area contributed by atoms with Crippen molar-refractivity contribution in [3.63, 3.8) is 0 Å². The molecule has 3 aromatic rings. The topological polar surface area (TPSA) is 115 Å². The lowest BCUT2D eigenvalue weighted by Gasteiger charge is -2.11. The zero-order valence-corrected chi connectivity index (χ0v) is 15.5. The smallest absolute Gasteiger partial charge is 0.419 e. The number of hydrogen-bond acceptors (Lipinski definition) is 6. The summed E-state index contributed by atoms with van der Waals surface area (Å²) in [6.45, 7) is 3.58. The van der Waals surface area contributed by atoms with E-state index in [0.717, 1.165) is 0 Å². The summed E-state index contributed by atoms with van der Waals surface area (Å²) in [6.07, 6.45) is -0.627. The minimum atomic E-state index is -3.78. The van der Waals surface area contributed by atoms with E-state index in [1.165, 1.54) is 29.8 Å². The van der Waals surface area contributed by atoms with Gasteiger partial charge in [-0.25, -0.2) is 17.9 Å². The second-order valence-electron chi connectivity index (χ2n) is 6.13. The summed E-state index contributed by atoms with van der Waals surface area (Å²) in [5, 5.41) is 10.2. The van der Waals surface area contributed by atoms with Crippen molar-refractivity contribution < 1.29 is 22.4 Å². The van der Waals surface area contributed by atoms with Crippen LogP contribution >= 0.6 is 0 Å². The zero-order chi connectivity index (χ0) is 19.1. The molecule has 8 nitrogen and oxygen atoms in total. The molecule has 1 atom stereocenters. The molecule has 9 heteroatoms. The van der Waals surface area contributed by atoms with Crippen LogP contribution in [0.3, 0.4) is 0 Å². The predicted molar refractivity (Wildman–Crippen MR) is 94.4 cm³/mol. The van der Waals surface area contributed by atoms with Gasteiger partial charge in [-0.2, -0.15) is 0 Å². The van der Waals surface area contributed by atoms with Gasteiger partial charge in [0.1, 0.15) is 11.5 Å². The lowest BCUT2D eigenvalue weighted by molar-refractivity contribution is 0.167. The van der Waals surface area contributed by atoms with Crippen LogP contribution in [0, 0.1) is 13.8 Å². The first-order chi connectivity index (χ1) is 12.2. The minimum absolute atomic E-state index is 0.0197. The maximum atomic E-state index is 12.5. The number of aliphatic hydroxyl groups is 1. The molecule has 3 rings (SSSR count). The third-order valence-corrected chi connectivity index (χ3v) is 5.68. The number of nitrogens with one attached hydrogen (secondary N) is 1. The van der Waals surface area contributed by atoms with Crippen LogP contribution in [0.2, 0.25) is 0 Å². The first kappa shape index (κ1) is 18.4. The number of rotatable bonds is 6. The Morgan fingerprint density at radius 3 is 2.62 bits per heavy atom.